The van der Waals surface area contributed by atoms with E-state index in [0.29, 0.717) is 26.2 Å². The average Bonchev–Trinajstić information content (AvgIpc) is 3.09. The molecule has 0 saturated heterocycles. The molecular weight excluding hydrogens is 661 g/mol. The van der Waals surface area contributed by atoms with E-state index in [-0.39, 0.29) is 22.9 Å². The molecule has 0 fully saturated rings. The third-order valence-corrected chi connectivity index (χ3v) is 8.37. The number of benzene rings is 3. The van der Waals surface area contributed by atoms with Crippen molar-refractivity contribution in [2.24, 2.45) is 0 Å². The highest BCUT2D eigenvalue weighted by atomic mass is 32.2. The number of aromatic nitrogens is 2. The van der Waals surface area contributed by atoms with Gasteiger partial charge in [0, 0.05) is 26.4 Å². The molecule has 3 aromatic carbocycles. The lowest BCUT2D eigenvalue weighted by atomic mass is 10.1. The SMILES string of the molecule is CCSc1nc(C(=O)NCC(=O)O)c(O)c2ccccc12.COc1ccc(Sc2nc(C(=O)NCC(=O)O)c(O)c3ccccc23)cc1. The Balaban J connectivity index is 0.000000224. The van der Waals surface area contributed by atoms with E-state index in [0.717, 1.165) is 21.8 Å². The number of aliphatic carboxylic acids is 2. The van der Waals surface area contributed by atoms with E-state index in [1.54, 1.807) is 37.4 Å². The minimum absolute atomic E-state index is 0.161. The van der Waals surface area contributed by atoms with Crippen LogP contribution in [0.25, 0.3) is 21.5 Å². The van der Waals surface area contributed by atoms with Gasteiger partial charge in [-0.15, -0.1) is 11.8 Å². The fourth-order valence-electron chi connectivity index (χ4n) is 4.31. The molecule has 0 aliphatic heterocycles. The van der Waals surface area contributed by atoms with Crippen LogP contribution in [-0.4, -0.2) is 80.1 Å². The number of pyridine rings is 2. The van der Waals surface area contributed by atoms with Crippen LogP contribution in [0.3, 0.4) is 0 Å². The Hall–Kier alpha value is -5.54. The Labute approximate surface area is 282 Å². The van der Waals surface area contributed by atoms with Gasteiger partial charge in [0.05, 0.1) is 7.11 Å². The van der Waals surface area contributed by atoms with Crippen LogP contribution in [0.2, 0.25) is 0 Å². The fourth-order valence-corrected chi connectivity index (χ4v) is 6.00. The Morgan fingerprint density at radius 2 is 1.12 bits per heavy atom. The van der Waals surface area contributed by atoms with E-state index in [1.165, 1.54) is 23.5 Å². The number of fused-ring (bicyclic) bond motifs is 2. The minimum Gasteiger partial charge on any atom is -0.505 e. The monoisotopic (exact) mass is 690 g/mol. The molecule has 6 N–H and O–H groups in total. The first kappa shape index (κ1) is 35.3. The van der Waals surface area contributed by atoms with Gasteiger partial charge in [0.25, 0.3) is 11.8 Å². The van der Waals surface area contributed by atoms with E-state index in [4.69, 9.17) is 14.9 Å². The molecule has 248 valence electrons. The van der Waals surface area contributed by atoms with Gasteiger partial charge >= 0.3 is 11.9 Å². The predicted molar refractivity (Wildman–Crippen MR) is 180 cm³/mol. The van der Waals surface area contributed by atoms with Crippen molar-refractivity contribution in [3.8, 4) is 17.2 Å². The van der Waals surface area contributed by atoms with Crippen LogP contribution >= 0.6 is 23.5 Å². The van der Waals surface area contributed by atoms with Crippen LogP contribution in [-0.2, 0) is 9.59 Å². The molecule has 0 bridgehead atoms. The number of carboxylic acid groups (broad SMARTS) is 2. The summed E-state index contributed by atoms with van der Waals surface area (Å²) in [6.45, 7) is 0.870. The fraction of sp³-hybridized carbons (Fsp3) is 0.152. The van der Waals surface area contributed by atoms with E-state index >= 15 is 0 Å². The summed E-state index contributed by atoms with van der Waals surface area (Å²) in [5, 5.41) is 46.0. The quantitative estimate of drug-likeness (QED) is 0.103. The van der Waals surface area contributed by atoms with Crippen molar-refractivity contribution in [2.45, 2.75) is 21.9 Å². The third kappa shape index (κ3) is 8.63. The van der Waals surface area contributed by atoms with Crippen molar-refractivity contribution < 1.29 is 44.3 Å². The second-order valence-electron chi connectivity index (χ2n) is 9.68. The topological polar surface area (TPSA) is 208 Å². The number of ether oxygens (including phenoxy) is 1. The van der Waals surface area contributed by atoms with E-state index < -0.39 is 36.8 Å². The maximum Gasteiger partial charge on any atom is 0.322 e. The van der Waals surface area contributed by atoms with Crippen LogP contribution in [0.5, 0.6) is 17.2 Å². The van der Waals surface area contributed by atoms with Crippen molar-refractivity contribution in [2.75, 3.05) is 26.0 Å². The number of aromatic hydroxyl groups is 2. The van der Waals surface area contributed by atoms with Gasteiger partial charge in [-0.1, -0.05) is 67.2 Å². The molecule has 0 saturated carbocycles. The molecule has 2 amide bonds. The van der Waals surface area contributed by atoms with Crippen LogP contribution in [0, 0.1) is 0 Å². The summed E-state index contributed by atoms with van der Waals surface area (Å²) in [7, 11) is 1.58. The number of hydrogen-bond acceptors (Lipinski definition) is 11. The number of nitrogens with one attached hydrogen (secondary N) is 2. The third-order valence-electron chi connectivity index (χ3n) is 6.49. The number of rotatable bonds is 11. The molecule has 5 aromatic rings. The smallest absolute Gasteiger partial charge is 0.322 e. The summed E-state index contributed by atoms with van der Waals surface area (Å²) in [6.07, 6.45) is 0. The lowest BCUT2D eigenvalue weighted by Crippen LogP contribution is -2.30. The van der Waals surface area contributed by atoms with Crippen LogP contribution in [0.15, 0.2) is 87.7 Å². The van der Waals surface area contributed by atoms with Gasteiger partial charge in [0.2, 0.25) is 0 Å². The van der Waals surface area contributed by atoms with Crippen LogP contribution < -0.4 is 15.4 Å². The average molecular weight is 691 g/mol. The maximum atomic E-state index is 12.3. The molecule has 0 atom stereocenters. The normalized spacial score (nSPS) is 10.5. The minimum atomic E-state index is -1.18. The lowest BCUT2D eigenvalue weighted by molar-refractivity contribution is -0.136. The number of nitrogens with zero attached hydrogens (tertiary/aromatic N) is 2. The van der Waals surface area contributed by atoms with E-state index in [2.05, 4.69) is 20.6 Å². The first-order valence-corrected chi connectivity index (χ1v) is 16.0. The number of carbonyl (C=O) groups is 4. The maximum absolute atomic E-state index is 12.3. The van der Waals surface area contributed by atoms with Gasteiger partial charge in [-0.05, 0) is 30.0 Å². The van der Waals surface area contributed by atoms with Crippen LogP contribution in [0.1, 0.15) is 27.9 Å². The molecular formula is C33H30N4O9S2. The highest BCUT2D eigenvalue weighted by Gasteiger charge is 2.21. The molecule has 0 spiro atoms. The first-order chi connectivity index (χ1) is 23.0. The van der Waals surface area contributed by atoms with Gasteiger partial charge in [-0.25, -0.2) is 9.97 Å². The first-order valence-electron chi connectivity index (χ1n) is 14.2. The highest BCUT2D eigenvalue weighted by Crippen LogP contribution is 2.38. The molecule has 2 aromatic heterocycles. The summed E-state index contributed by atoms with van der Waals surface area (Å²) in [4.78, 5) is 54.8. The highest BCUT2D eigenvalue weighted by molar-refractivity contribution is 7.99. The Morgan fingerprint density at radius 1 is 0.688 bits per heavy atom. The summed E-state index contributed by atoms with van der Waals surface area (Å²) < 4.78 is 5.14. The zero-order valence-electron chi connectivity index (χ0n) is 25.6. The number of methoxy groups -OCH3 is 1. The molecule has 48 heavy (non-hydrogen) atoms. The van der Waals surface area contributed by atoms with E-state index in [9.17, 15) is 29.4 Å². The van der Waals surface area contributed by atoms with Gasteiger partial charge in [0.15, 0.2) is 22.9 Å². The van der Waals surface area contributed by atoms with E-state index in [1.807, 2.05) is 49.4 Å². The van der Waals surface area contributed by atoms with Crippen molar-refractivity contribution in [1.82, 2.24) is 20.6 Å². The standard InChI is InChI=1S/C19H16N2O5S.C14H14N2O4S/c1-26-11-6-8-12(9-7-11)27-19-14-5-3-2-4-13(14)17(24)16(21-19)18(25)20-10-15(22)23;1-2-21-14-9-6-4-3-5-8(9)12(19)11(16-14)13(20)15-7-10(17)18/h2-9,24H,10H2,1H3,(H,20,25)(H,22,23);3-6,19H,2,7H2,1H3,(H,15,20)(H,17,18). The molecule has 0 aliphatic rings. The molecule has 2 heterocycles. The zero-order chi connectivity index (χ0) is 34.8. The summed E-state index contributed by atoms with van der Waals surface area (Å²) >= 11 is 2.78. The van der Waals surface area contributed by atoms with Crippen molar-refractivity contribution >= 4 is 68.8 Å². The number of carbonyl (C=O) groups excluding carboxylic acids is 2. The molecule has 0 unspecified atom stereocenters. The van der Waals surface area contributed by atoms with Gasteiger partial charge in [-0.3, -0.25) is 19.2 Å². The summed E-state index contributed by atoms with van der Waals surface area (Å²) in [5.74, 6) is -2.85. The summed E-state index contributed by atoms with van der Waals surface area (Å²) in [6, 6.07) is 21.5. The molecule has 0 aliphatic carbocycles. The molecule has 5 rings (SSSR count). The Bertz CT molecular complexity index is 1990. The van der Waals surface area contributed by atoms with Crippen LogP contribution in [0.4, 0.5) is 0 Å². The predicted octanol–water partition coefficient (Wildman–Crippen LogP) is 4.78. The number of carboxylic acids is 2. The van der Waals surface area contributed by atoms with Crippen molar-refractivity contribution in [3.63, 3.8) is 0 Å². The van der Waals surface area contributed by atoms with Gasteiger partial charge in [-0.2, -0.15) is 0 Å². The molecule has 15 heteroatoms. The second kappa shape index (κ2) is 16.3. The summed E-state index contributed by atoms with van der Waals surface area (Å²) in [5.41, 5.74) is -0.378. The molecule has 0 radical (unpaired) electrons. The lowest BCUT2D eigenvalue weighted by Gasteiger charge is -2.12. The number of hydrogen-bond donors (Lipinski definition) is 6. The number of amides is 2. The van der Waals surface area contributed by atoms with Gasteiger partial charge in [0.1, 0.15) is 28.9 Å². The van der Waals surface area contributed by atoms with Crippen molar-refractivity contribution in [3.05, 3.63) is 84.2 Å². The van der Waals surface area contributed by atoms with Gasteiger partial charge < -0.3 is 35.8 Å². The molecule has 13 nitrogen and oxygen atoms in total. The zero-order valence-corrected chi connectivity index (χ0v) is 27.2. The Kier molecular flexibility index (Phi) is 12.0. The Morgan fingerprint density at radius 3 is 1.56 bits per heavy atom. The van der Waals surface area contributed by atoms with Crippen molar-refractivity contribution in [1.29, 1.82) is 0 Å². The second-order valence-corrected chi connectivity index (χ2v) is 12.0. The largest absolute Gasteiger partial charge is 0.505 e. The number of thioether (sulfide) groups is 1.